The molecule has 1 aliphatic heterocycles. The average molecular weight is 318 g/mol. The molecule has 2 rings (SSSR count). The highest BCUT2D eigenvalue weighted by Gasteiger charge is 2.24. The van der Waals surface area contributed by atoms with E-state index in [1.54, 1.807) is 12.1 Å². The molecule has 1 atom stereocenters. The Kier molecular flexibility index (Phi) is 6.16. The topological polar surface area (TPSA) is 60.9 Å². The van der Waals surface area contributed by atoms with Crippen molar-refractivity contribution in [2.45, 2.75) is 31.6 Å². The number of benzene rings is 1. The summed E-state index contributed by atoms with van der Waals surface area (Å²) in [5, 5.41) is 8.97. The number of aromatic carboxylic acids is 1. The van der Waals surface area contributed by atoms with Crippen molar-refractivity contribution < 1.29 is 14.7 Å². The van der Waals surface area contributed by atoms with Crippen LogP contribution in [0.5, 0.6) is 0 Å². The van der Waals surface area contributed by atoms with Crippen LogP contribution in [0.2, 0.25) is 0 Å². The fraction of sp³-hybridized carbons (Fsp3) is 0.556. The van der Waals surface area contributed by atoms with Gasteiger partial charge in [-0.3, -0.25) is 4.79 Å². The molecule has 1 fully saturated rings. The third-order valence-electron chi connectivity index (χ3n) is 4.40. The number of carboxylic acid groups (broad SMARTS) is 1. The molecule has 23 heavy (non-hydrogen) atoms. The molecule has 0 bridgehead atoms. The van der Waals surface area contributed by atoms with E-state index in [-0.39, 0.29) is 5.91 Å². The second-order valence-electron chi connectivity index (χ2n) is 6.51. The molecule has 1 aromatic rings. The maximum atomic E-state index is 12.3. The van der Waals surface area contributed by atoms with Crippen molar-refractivity contribution >= 4 is 11.9 Å². The summed E-state index contributed by atoms with van der Waals surface area (Å²) in [6.45, 7) is 2.51. The highest BCUT2D eigenvalue weighted by molar-refractivity contribution is 5.87. The third-order valence-corrected chi connectivity index (χ3v) is 4.40. The van der Waals surface area contributed by atoms with E-state index >= 15 is 0 Å². The van der Waals surface area contributed by atoms with Crippen LogP contribution in [0.1, 0.15) is 47.5 Å². The molecule has 1 aromatic carbocycles. The van der Waals surface area contributed by atoms with Crippen molar-refractivity contribution in [3.63, 3.8) is 0 Å². The monoisotopic (exact) mass is 318 g/mol. The Morgan fingerprint density at radius 1 is 1.26 bits per heavy atom. The summed E-state index contributed by atoms with van der Waals surface area (Å²) in [6.07, 6.45) is 3.54. The standard InChI is InChI=1S/C18H26N2O3/c1-19(2)11-4-6-17(21)20-12-3-5-16(13-20)14-7-9-15(10-8-14)18(22)23/h7-10,16H,3-6,11-13H2,1-2H3,(H,22,23). The second-order valence-corrected chi connectivity index (χ2v) is 6.51. The molecule has 1 unspecified atom stereocenters. The van der Waals surface area contributed by atoms with Crippen LogP contribution >= 0.6 is 0 Å². The zero-order valence-corrected chi connectivity index (χ0v) is 14.0. The maximum Gasteiger partial charge on any atom is 0.335 e. The Labute approximate surface area is 137 Å². The van der Waals surface area contributed by atoms with Crippen molar-refractivity contribution in [1.82, 2.24) is 9.80 Å². The second kappa shape index (κ2) is 8.11. The molecule has 1 aliphatic rings. The van der Waals surface area contributed by atoms with Crippen LogP contribution in [0.3, 0.4) is 0 Å². The van der Waals surface area contributed by atoms with Crippen molar-refractivity contribution in [3.8, 4) is 0 Å². The predicted molar refractivity (Wildman–Crippen MR) is 89.7 cm³/mol. The van der Waals surface area contributed by atoms with Gasteiger partial charge >= 0.3 is 5.97 Å². The Bertz CT molecular complexity index is 540. The number of nitrogens with zero attached hydrogens (tertiary/aromatic N) is 2. The number of piperidine rings is 1. The van der Waals surface area contributed by atoms with E-state index in [2.05, 4.69) is 4.90 Å². The summed E-state index contributed by atoms with van der Waals surface area (Å²) < 4.78 is 0. The summed E-state index contributed by atoms with van der Waals surface area (Å²) in [5.74, 6) is -0.360. The molecule has 1 heterocycles. The smallest absolute Gasteiger partial charge is 0.335 e. The van der Waals surface area contributed by atoms with E-state index in [9.17, 15) is 9.59 Å². The van der Waals surface area contributed by atoms with Gasteiger partial charge in [-0.25, -0.2) is 4.79 Å². The lowest BCUT2D eigenvalue weighted by molar-refractivity contribution is -0.132. The van der Waals surface area contributed by atoms with E-state index in [0.717, 1.165) is 44.5 Å². The van der Waals surface area contributed by atoms with Gasteiger partial charge < -0.3 is 14.9 Å². The summed E-state index contributed by atoms with van der Waals surface area (Å²) >= 11 is 0. The number of carbonyl (C=O) groups is 2. The van der Waals surface area contributed by atoms with Crippen molar-refractivity contribution in [2.75, 3.05) is 33.7 Å². The predicted octanol–water partition coefficient (Wildman–Crippen LogP) is 2.43. The Morgan fingerprint density at radius 2 is 1.96 bits per heavy atom. The van der Waals surface area contributed by atoms with Crippen molar-refractivity contribution in [1.29, 1.82) is 0 Å². The number of carbonyl (C=O) groups excluding carboxylic acids is 1. The van der Waals surface area contributed by atoms with Crippen molar-refractivity contribution in [3.05, 3.63) is 35.4 Å². The molecule has 0 radical (unpaired) electrons. The fourth-order valence-corrected chi connectivity index (χ4v) is 3.08. The molecule has 0 spiro atoms. The van der Waals surface area contributed by atoms with Gasteiger partial charge in [-0.05, 0) is 57.6 Å². The van der Waals surface area contributed by atoms with Crippen LogP contribution in [0.4, 0.5) is 0 Å². The SMILES string of the molecule is CN(C)CCCC(=O)N1CCCC(c2ccc(C(=O)O)cc2)C1. The molecular weight excluding hydrogens is 292 g/mol. The Hall–Kier alpha value is -1.88. The summed E-state index contributed by atoms with van der Waals surface area (Å²) in [6, 6.07) is 7.06. The number of amides is 1. The first-order valence-corrected chi connectivity index (χ1v) is 8.23. The van der Waals surface area contributed by atoms with E-state index in [4.69, 9.17) is 5.11 Å². The van der Waals surface area contributed by atoms with Crippen LogP contribution in [-0.4, -0.2) is 60.5 Å². The highest BCUT2D eigenvalue weighted by atomic mass is 16.4. The Balaban J connectivity index is 1.92. The van der Waals surface area contributed by atoms with Crippen LogP contribution in [0, 0.1) is 0 Å². The van der Waals surface area contributed by atoms with Gasteiger partial charge in [-0.1, -0.05) is 12.1 Å². The van der Waals surface area contributed by atoms with Crippen LogP contribution in [-0.2, 0) is 4.79 Å². The average Bonchev–Trinajstić information content (AvgIpc) is 2.54. The number of rotatable bonds is 6. The number of hydrogen-bond acceptors (Lipinski definition) is 3. The molecule has 0 saturated carbocycles. The number of hydrogen-bond donors (Lipinski definition) is 1. The summed E-state index contributed by atoms with van der Waals surface area (Å²) in [4.78, 5) is 27.3. The first kappa shape index (κ1) is 17.5. The van der Waals surface area contributed by atoms with Crippen LogP contribution in [0.15, 0.2) is 24.3 Å². The first-order valence-electron chi connectivity index (χ1n) is 8.23. The molecule has 1 N–H and O–H groups in total. The highest BCUT2D eigenvalue weighted by Crippen LogP contribution is 2.27. The molecule has 1 amide bonds. The fourth-order valence-electron chi connectivity index (χ4n) is 3.08. The van der Waals surface area contributed by atoms with E-state index in [1.807, 2.05) is 31.1 Å². The largest absolute Gasteiger partial charge is 0.478 e. The zero-order chi connectivity index (χ0) is 16.8. The molecule has 0 aliphatic carbocycles. The Morgan fingerprint density at radius 3 is 2.57 bits per heavy atom. The normalized spacial score (nSPS) is 18.2. The van der Waals surface area contributed by atoms with Gasteiger partial charge in [0.25, 0.3) is 0 Å². The quantitative estimate of drug-likeness (QED) is 0.875. The minimum atomic E-state index is -0.905. The molecular formula is C18H26N2O3. The summed E-state index contributed by atoms with van der Waals surface area (Å²) in [7, 11) is 4.03. The molecule has 5 nitrogen and oxygen atoms in total. The molecule has 126 valence electrons. The van der Waals surface area contributed by atoms with Gasteiger partial charge in [-0.15, -0.1) is 0 Å². The van der Waals surface area contributed by atoms with E-state index in [0.29, 0.717) is 17.9 Å². The lowest BCUT2D eigenvalue weighted by Crippen LogP contribution is -2.39. The first-order chi connectivity index (χ1) is 11.0. The van der Waals surface area contributed by atoms with Gasteiger partial charge in [0, 0.05) is 25.4 Å². The molecule has 1 saturated heterocycles. The maximum absolute atomic E-state index is 12.3. The lowest BCUT2D eigenvalue weighted by atomic mass is 9.90. The summed E-state index contributed by atoms with van der Waals surface area (Å²) in [5.41, 5.74) is 1.43. The lowest BCUT2D eigenvalue weighted by Gasteiger charge is -2.33. The number of carboxylic acids is 1. The third kappa shape index (κ3) is 5.06. The van der Waals surface area contributed by atoms with Gasteiger partial charge in [0.05, 0.1) is 5.56 Å². The van der Waals surface area contributed by atoms with E-state index < -0.39 is 5.97 Å². The minimum Gasteiger partial charge on any atom is -0.478 e. The van der Waals surface area contributed by atoms with Gasteiger partial charge in [0.2, 0.25) is 5.91 Å². The van der Waals surface area contributed by atoms with Crippen LogP contribution < -0.4 is 0 Å². The van der Waals surface area contributed by atoms with Crippen LogP contribution in [0.25, 0.3) is 0 Å². The molecule has 5 heteroatoms. The molecule has 0 aromatic heterocycles. The minimum absolute atomic E-state index is 0.235. The van der Waals surface area contributed by atoms with Crippen molar-refractivity contribution in [2.24, 2.45) is 0 Å². The zero-order valence-electron chi connectivity index (χ0n) is 14.0. The van der Waals surface area contributed by atoms with Gasteiger partial charge in [-0.2, -0.15) is 0 Å². The number of likely N-dealkylation sites (tertiary alicyclic amines) is 1. The van der Waals surface area contributed by atoms with Gasteiger partial charge in [0.15, 0.2) is 0 Å². The van der Waals surface area contributed by atoms with E-state index in [1.165, 1.54) is 0 Å². The van der Waals surface area contributed by atoms with Gasteiger partial charge in [0.1, 0.15) is 0 Å².